The van der Waals surface area contributed by atoms with Gasteiger partial charge in [-0.2, -0.15) is 0 Å². The van der Waals surface area contributed by atoms with Crippen molar-refractivity contribution in [1.29, 1.82) is 0 Å². The Balaban J connectivity index is 1.47. The van der Waals surface area contributed by atoms with Gasteiger partial charge in [0.25, 0.3) is 5.91 Å². The van der Waals surface area contributed by atoms with E-state index in [1.54, 1.807) is 23.1 Å². The number of benzene rings is 2. The lowest BCUT2D eigenvalue weighted by Gasteiger charge is -2.29. The van der Waals surface area contributed by atoms with Crippen LogP contribution in [-0.4, -0.2) is 31.4 Å². The number of fused-ring (bicyclic) bond motifs is 2. The van der Waals surface area contributed by atoms with Crippen LogP contribution in [0.2, 0.25) is 0 Å². The first-order valence-electron chi connectivity index (χ1n) is 10.0. The molecule has 0 spiro atoms. The fourth-order valence-electron chi connectivity index (χ4n) is 3.88. The van der Waals surface area contributed by atoms with Gasteiger partial charge in [-0.05, 0) is 73.6 Å². The number of ether oxygens (including phenoxy) is 2. The zero-order valence-corrected chi connectivity index (χ0v) is 16.2. The lowest BCUT2D eigenvalue weighted by atomic mass is 9.92. The molecule has 0 fully saturated rings. The van der Waals surface area contributed by atoms with Crippen molar-refractivity contribution in [3.05, 3.63) is 53.1 Å². The molecule has 0 radical (unpaired) electrons. The highest BCUT2D eigenvalue weighted by molar-refractivity contribution is 6.02. The van der Waals surface area contributed by atoms with E-state index in [1.807, 2.05) is 13.0 Å². The van der Waals surface area contributed by atoms with Gasteiger partial charge < -0.3 is 14.4 Å². The van der Waals surface area contributed by atoms with Crippen molar-refractivity contribution in [2.75, 3.05) is 24.7 Å². The molecule has 146 valence electrons. The number of hydrogen-bond donors (Lipinski definition) is 0. The average Bonchev–Trinajstić information content (AvgIpc) is 2.73. The first-order chi connectivity index (χ1) is 13.7. The monoisotopic (exact) mass is 379 g/mol. The Morgan fingerprint density at radius 2 is 1.93 bits per heavy atom. The molecule has 4 rings (SSSR count). The van der Waals surface area contributed by atoms with Crippen molar-refractivity contribution < 1.29 is 19.1 Å². The zero-order chi connectivity index (χ0) is 19.5. The van der Waals surface area contributed by atoms with E-state index in [4.69, 9.17) is 9.47 Å². The van der Waals surface area contributed by atoms with Crippen LogP contribution < -0.4 is 14.4 Å². The largest absolute Gasteiger partial charge is 0.485 e. The highest BCUT2D eigenvalue weighted by Gasteiger charge is 2.26. The van der Waals surface area contributed by atoms with Gasteiger partial charge in [-0.15, -0.1) is 0 Å². The third-order valence-electron chi connectivity index (χ3n) is 5.36. The van der Waals surface area contributed by atoms with Gasteiger partial charge in [0.1, 0.15) is 11.5 Å². The summed E-state index contributed by atoms with van der Waals surface area (Å²) in [5.74, 6) is 1.18. The van der Waals surface area contributed by atoms with Gasteiger partial charge in [-0.3, -0.25) is 9.59 Å². The topological polar surface area (TPSA) is 55.8 Å². The van der Waals surface area contributed by atoms with Crippen molar-refractivity contribution in [1.82, 2.24) is 0 Å². The summed E-state index contributed by atoms with van der Waals surface area (Å²) >= 11 is 0. The molecule has 1 heterocycles. The number of hydrogen-bond acceptors (Lipinski definition) is 4. The fourth-order valence-corrected chi connectivity index (χ4v) is 3.88. The van der Waals surface area contributed by atoms with Gasteiger partial charge in [0.05, 0.1) is 5.69 Å². The van der Waals surface area contributed by atoms with Crippen LogP contribution in [0.3, 0.4) is 0 Å². The van der Waals surface area contributed by atoms with E-state index in [9.17, 15) is 9.59 Å². The molecule has 1 aliphatic heterocycles. The summed E-state index contributed by atoms with van der Waals surface area (Å²) in [7, 11) is 0. The third kappa shape index (κ3) is 3.75. The van der Waals surface area contributed by atoms with Crippen LogP contribution in [0.1, 0.15) is 47.7 Å². The number of carbonyl (C=O) groups excluding carboxylic acids is 2. The maximum Gasteiger partial charge on any atom is 0.265 e. The van der Waals surface area contributed by atoms with Gasteiger partial charge in [0.15, 0.2) is 19.0 Å². The molecule has 0 saturated heterocycles. The molecule has 0 atom stereocenters. The van der Waals surface area contributed by atoms with Gasteiger partial charge in [0, 0.05) is 12.1 Å². The number of rotatable bonds is 6. The van der Waals surface area contributed by atoms with E-state index in [2.05, 4.69) is 12.1 Å². The highest BCUT2D eigenvalue weighted by atomic mass is 16.5. The van der Waals surface area contributed by atoms with Crippen LogP contribution >= 0.6 is 0 Å². The molecule has 0 N–H and O–H groups in total. The molecule has 1 amide bonds. The van der Waals surface area contributed by atoms with Crippen molar-refractivity contribution >= 4 is 17.4 Å². The molecule has 28 heavy (non-hydrogen) atoms. The molecule has 5 nitrogen and oxygen atoms in total. The van der Waals surface area contributed by atoms with E-state index in [1.165, 1.54) is 24.0 Å². The maximum absolute atomic E-state index is 12.7. The number of carbonyl (C=O) groups is 2. The molecule has 5 heteroatoms. The van der Waals surface area contributed by atoms with Crippen LogP contribution in [0, 0.1) is 0 Å². The fraction of sp³-hybridized carbons (Fsp3) is 0.391. The number of ketones is 1. The van der Waals surface area contributed by atoms with Gasteiger partial charge in [0.2, 0.25) is 0 Å². The smallest absolute Gasteiger partial charge is 0.265 e. The normalized spacial score (nSPS) is 15.5. The standard InChI is InChI=1S/C23H25NO4/c1-2-11-24-20-13-18(8-10-22(20)28-15-23(24)26)21(25)14-27-19-9-7-16-5-3-4-6-17(16)12-19/h7-10,12-13H,2-6,11,14-15H2,1H3. The molecule has 0 bridgehead atoms. The number of nitrogens with zero attached hydrogens (tertiary/aromatic N) is 1. The van der Waals surface area contributed by atoms with Crippen LogP contribution in [0.15, 0.2) is 36.4 Å². The second-order valence-corrected chi connectivity index (χ2v) is 7.37. The Kier molecular flexibility index (Phi) is 5.33. The van der Waals surface area contributed by atoms with Crippen molar-refractivity contribution in [3.8, 4) is 11.5 Å². The first kappa shape index (κ1) is 18.5. The van der Waals surface area contributed by atoms with E-state index in [-0.39, 0.29) is 24.9 Å². The average molecular weight is 379 g/mol. The number of Topliss-reactive ketones (excluding diaryl/α,β-unsaturated/α-hetero) is 1. The molecule has 0 unspecified atom stereocenters. The number of aryl methyl sites for hydroxylation is 2. The summed E-state index contributed by atoms with van der Waals surface area (Å²) in [6.45, 7) is 2.64. The van der Waals surface area contributed by atoms with Gasteiger partial charge >= 0.3 is 0 Å². The van der Waals surface area contributed by atoms with E-state index in [0.29, 0.717) is 23.5 Å². The minimum absolute atomic E-state index is 0.0276. The molecule has 0 saturated carbocycles. The van der Waals surface area contributed by atoms with Crippen LogP contribution in [0.25, 0.3) is 0 Å². The summed E-state index contributed by atoms with van der Waals surface area (Å²) in [4.78, 5) is 26.5. The highest BCUT2D eigenvalue weighted by Crippen LogP contribution is 2.33. The van der Waals surface area contributed by atoms with Crippen molar-refractivity contribution in [2.45, 2.75) is 39.0 Å². The van der Waals surface area contributed by atoms with Crippen LogP contribution in [0.4, 0.5) is 5.69 Å². The minimum atomic E-state index is -0.116. The maximum atomic E-state index is 12.7. The number of anilines is 1. The van der Waals surface area contributed by atoms with Crippen LogP contribution in [0.5, 0.6) is 11.5 Å². The van der Waals surface area contributed by atoms with Crippen LogP contribution in [-0.2, 0) is 17.6 Å². The Morgan fingerprint density at radius 3 is 2.75 bits per heavy atom. The second-order valence-electron chi connectivity index (χ2n) is 7.37. The summed E-state index contributed by atoms with van der Waals surface area (Å²) in [5, 5.41) is 0. The van der Waals surface area contributed by atoms with E-state index >= 15 is 0 Å². The summed E-state index contributed by atoms with van der Waals surface area (Å²) in [5.41, 5.74) is 3.91. The Hall–Kier alpha value is -2.82. The van der Waals surface area contributed by atoms with Gasteiger partial charge in [-0.1, -0.05) is 13.0 Å². The molecule has 0 aromatic heterocycles. The molecular weight excluding hydrogens is 354 g/mol. The second kappa shape index (κ2) is 8.05. The SMILES string of the molecule is CCCN1C(=O)COc2ccc(C(=O)COc3ccc4c(c3)CCCC4)cc21. The van der Waals surface area contributed by atoms with Crippen molar-refractivity contribution in [3.63, 3.8) is 0 Å². The van der Waals surface area contributed by atoms with E-state index < -0.39 is 0 Å². The summed E-state index contributed by atoms with van der Waals surface area (Å²) in [6.07, 6.45) is 5.49. The summed E-state index contributed by atoms with van der Waals surface area (Å²) < 4.78 is 11.3. The van der Waals surface area contributed by atoms with E-state index in [0.717, 1.165) is 25.0 Å². The molecule has 2 aliphatic rings. The number of amides is 1. The summed E-state index contributed by atoms with van der Waals surface area (Å²) in [6, 6.07) is 11.3. The molecule has 1 aliphatic carbocycles. The molecule has 2 aromatic rings. The predicted molar refractivity (Wildman–Crippen MR) is 107 cm³/mol. The quantitative estimate of drug-likeness (QED) is 0.713. The Morgan fingerprint density at radius 1 is 1.11 bits per heavy atom. The Bertz CT molecular complexity index is 905. The van der Waals surface area contributed by atoms with Gasteiger partial charge in [-0.25, -0.2) is 0 Å². The lowest BCUT2D eigenvalue weighted by molar-refractivity contribution is -0.121. The Labute approximate surface area is 165 Å². The minimum Gasteiger partial charge on any atom is -0.485 e. The predicted octanol–water partition coefficient (Wildman–Crippen LogP) is 3.96. The third-order valence-corrected chi connectivity index (χ3v) is 5.36. The first-order valence-corrected chi connectivity index (χ1v) is 10.0. The lowest BCUT2D eigenvalue weighted by Crippen LogP contribution is -2.39. The van der Waals surface area contributed by atoms with Crippen molar-refractivity contribution in [2.24, 2.45) is 0 Å². The molecule has 2 aromatic carbocycles. The molecular formula is C23H25NO4. The zero-order valence-electron chi connectivity index (χ0n) is 16.2.